The third-order valence-electron chi connectivity index (χ3n) is 1.28. The number of hydrogen-bond donors (Lipinski definition) is 1. The summed E-state index contributed by atoms with van der Waals surface area (Å²) >= 11 is 0. The molecule has 0 spiro atoms. The largest absolute Gasteiger partial charge is 0.309 e. The van der Waals surface area contributed by atoms with E-state index in [-0.39, 0.29) is 0 Å². The molecule has 0 radical (unpaired) electrons. The molecule has 0 unspecified atom stereocenters. The zero-order chi connectivity index (χ0) is 5.82. The number of hydrogen-bond acceptors (Lipinski definition) is 1. The smallest absolute Gasteiger partial charge is 0.0180 e. The van der Waals surface area contributed by atoms with Crippen molar-refractivity contribution < 1.29 is 0 Å². The summed E-state index contributed by atoms with van der Waals surface area (Å²) in [5, 5.41) is 3.17. The molecule has 1 aliphatic rings. The van der Waals surface area contributed by atoms with Crippen LogP contribution in [0.15, 0.2) is 24.3 Å². The molecular formula is C7H11N. The second-order valence-corrected chi connectivity index (χ2v) is 1.99. The van der Waals surface area contributed by atoms with Gasteiger partial charge in [-0.25, -0.2) is 0 Å². The van der Waals surface area contributed by atoms with Gasteiger partial charge in [-0.3, -0.25) is 0 Å². The van der Waals surface area contributed by atoms with Crippen molar-refractivity contribution in [2.75, 3.05) is 13.1 Å². The highest BCUT2D eigenvalue weighted by atomic mass is 14.9. The number of rotatable bonds is 2. The summed E-state index contributed by atoms with van der Waals surface area (Å²) in [7, 11) is 0. The molecule has 1 rings (SSSR count). The van der Waals surface area contributed by atoms with Crippen molar-refractivity contribution in [3.8, 4) is 0 Å². The first-order valence-corrected chi connectivity index (χ1v) is 2.93. The Balaban J connectivity index is 2.20. The molecule has 0 aromatic heterocycles. The predicted molar refractivity (Wildman–Crippen MR) is 35.8 cm³/mol. The highest BCUT2D eigenvalue weighted by molar-refractivity contribution is 5.14. The van der Waals surface area contributed by atoms with Gasteiger partial charge in [-0.05, 0) is 12.0 Å². The van der Waals surface area contributed by atoms with Crippen LogP contribution in [0.5, 0.6) is 0 Å². The molecule has 1 nitrogen and oxygen atoms in total. The molecule has 8 heavy (non-hydrogen) atoms. The van der Waals surface area contributed by atoms with Crippen LogP contribution in [0.1, 0.15) is 6.42 Å². The van der Waals surface area contributed by atoms with Crippen LogP contribution >= 0.6 is 0 Å². The van der Waals surface area contributed by atoms with Gasteiger partial charge in [0.15, 0.2) is 0 Å². The third kappa shape index (κ3) is 1.20. The topological polar surface area (TPSA) is 12.0 Å². The zero-order valence-electron chi connectivity index (χ0n) is 4.98. The minimum absolute atomic E-state index is 1.02. The van der Waals surface area contributed by atoms with E-state index in [1.807, 2.05) is 6.08 Å². The summed E-state index contributed by atoms with van der Waals surface area (Å²) in [5.41, 5.74) is 1.52. The lowest BCUT2D eigenvalue weighted by Gasteiger charge is -2.17. The van der Waals surface area contributed by atoms with Crippen LogP contribution in [0.2, 0.25) is 0 Å². The van der Waals surface area contributed by atoms with Crippen molar-refractivity contribution in [2.24, 2.45) is 0 Å². The molecule has 1 aliphatic heterocycles. The maximum absolute atomic E-state index is 3.63. The Bertz CT molecular complexity index is 108. The van der Waals surface area contributed by atoms with Gasteiger partial charge in [-0.15, -0.1) is 6.58 Å². The standard InChI is InChI=1S/C7H11N/c1-2-3-4-7-5-8-6-7/h2,4,8H,1,3,5-6H2. The Morgan fingerprint density at radius 3 is 2.75 bits per heavy atom. The lowest BCUT2D eigenvalue weighted by molar-refractivity contribution is 0.665. The maximum Gasteiger partial charge on any atom is 0.0180 e. The van der Waals surface area contributed by atoms with Crippen LogP contribution in [0.3, 0.4) is 0 Å². The molecule has 0 atom stereocenters. The van der Waals surface area contributed by atoms with Gasteiger partial charge < -0.3 is 5.32 Å². The van der Waals surface area contributed by atoms with Gasteiger partial charge in [-0.2, -0.15) is 0 Å². The molecular weight excluding hydrogens is 98.1 g/mol. The molecule has 1 heterocycles. The van der Waals surface area contributed by atoms with Crippen LogP contribution in [0.4, 0.5) is 0 Å². The van der Waals surface area contributed by atoms with Crippen LogP contribution in [-0.2, 0) is 0 Å². The summed E-state index contributed by atoms with van der Waals surface area (Å²) in [6, 6.07) is 0. The Morgan fingerprint density at radius 1 is 1.62 bits per heavy atom. The van der Waals surface area contributed by atoms with Gasteiger partial charge in [-0.1, -0.05) is 12.2 Å². The van der Waals surface area contributed by atoms with E-state index in [1.54, 1.807) is 0 Å². The third-order valence-corrected chi connectivity index (χ3v) is 1.28. The molecule has 1 heteroatoms. The zero-order valence-corrected chi connectivity index (χ0v) is 4.98. The average molecular weight is 109 g/mol. The molecule has 0 amide bonds. The Morgan fingerprint density at radius 2 is 2.38 bits per heavy atom. The summed E-state index contributed by atoms with van der Waals surface area (Å²) < 4.78 is 0. The molecule has 0 aromatic rings. The second kappa shape index (κ2) is 2.68. The summed E-state index contributed by atoms with van der Waals surface area (Å²) in [4.78, 5) is 0. The van der Waals surface area contributed by atoms with Gasteiger partial charge in [0, 0.05) is 13.1 Å². The lowest BCUT2D eigenvalue weighted by Crippen LogP contribution is -2.33. The van der Waals surface area contributed by atoms with Gasteiger partial charge in [0.05, 0.1) is 0 Å². The van der Waals surface area contributed by atoms with Crippen LogP contribution < -0.4 is 5.32 Å². The minimum Gasteiger partial charge on any atom is -0.309 e. The monoisotopic (exact) mass is 109 g/mol. The van der Waals surface area contributed by atoms with E-state index in [0.717, 1.165) is 19.5 Å². The van der Waals surface area contributed by atoms with E-state index in [1.165, 1.54) is 5.57 Å². The van der Waals surface area contributed by atoms with Crippen molar-refractivity contribution in [3.05, 3.63) is 24.3 Å². The van der Waals surface area contributed by atoms with Gasteiger partial charge in [0.1, 0.15) is 0 Å². The molecule has 1 N–H and O–H groups in total. The molecule has 44 valence electrons. The first-order chi connectivity index (χ1) is 3.93. The lowest BCUT2D eigenvalue weighted by atomic mass is 10.1. The normalized spacial score (nSPS) is 17.2. The molecule has 1 saturated heterocycles. The molecule has 1 fully saturated rings. The summed E-state index contributed by atoms with van der Waals surface area (Å²) in [6.45, 7) is 5.81. The number of allylic oxidation sites excluding steroid dienone is 2. The summed E-state index contributed by atoms with van der Waals surface area (Å²) in [6.07, 6.45) is 5.17. The van der Waals surface area contributed by atoms with Crippen molar-refractivity contribution in [1.29, 1.82) is 0 Å². The van der Waals surface area contributed by atoms with Crippen molar-refractivity contribution in [3.63, 3.8) is 0 Å². The molecule has 0 saturated carbocycles. The average Bonchev–Trinajstić information content (AvgIpc) is 1.63. The van der Waals surface area contributed by atoms with Crippen molar-refractivity contribution in [2.45, 2.75) is 6.42 Å². The van der Waals surface area contributed by atoms with E-state index < -0.39 is 0 Å². The second-order valence-electron chi connectivity index (χ2n) is 1.99. The van der Waals surface area contributed by atoms with E-state index in [2.05, 4.69) is 18.0 Å². The van der Waals surface area contributed by atoms with Gasteiger partial charge >= 0.3 is 0 Å². The Hall–Kier alpha value is -0.560. The van der Waals surface area contributed by atoms with Crippen LogP contribution in [0, 0.1) is 0 Å². The highest BCUT2D eigenvalue weighted by Gasteiger charge is 2.03. The fourth-order valence-corrected chi connectivity index (χ4v) is 0.664. The Kier molecular flexibility index (Phi) is 1.86. The fourth-order valence-electron chi connectivity index (χ4n) is 0.664. The quantitative estimate of drug-likeness (QED) is 0.523. The first kappa shape index (κ1) is 5.57. The van der Waals surface area contributed by atoms with E-state index >= 15 is 0 Å². The summed E-state index contributed by atoms with van der Waals surface area (Å²) in [5.74, 6) is 0. The number of nitrogens with one attached hydrogen (secondary N) is 1. The molecule has 0 aromatic carbocycles. The Labute approximate surface area is 50.1 Å². The predicted octanol–water partition coefficient (Wildman–Crippen LogP) is 1.09. The molecule has 0 bridgehead atoms. The van der Waals surface area contributed by atoms with Gasteiger partial charge in [0.25, 0.3) is 0 Å². The van der Waals surface area contributed by atoms with Crippen LogP contribution in [-0.4, -0.2) is 13.1 Å². The SMILES string of the molecule is C=CCC=C1CNC1. The van der Waals surface area contributed by atoms with E-state index in [9.17, 15) is 0 Å². The highest BCUT2D eigenvalue weighted by Crippen LogP contribution is 2.01. The maximum atomic E-state index is 3.63. The minimum atomic E-state index is 1.02. The van der Waals surface area contributed by atoms with E-state index in [4.69, 9.17) is 0 Å². The fraction of sp³-hybridized carbons (Fsp3) is 0.429. The van der Waals surface area contributed by atoms with Crippen LogP contribution in [0.25, 0.3) is 0 Å². The van der Waals surface area contributed by atoms with Crippen molar-refractivity contribution in [1.82, 2.24) is 5.32 Å². The van der Waals surface area contributed by atoms with Crippen molar-refractivity contribution >= 4 is 0 Å². The van der Waals surface area contributed by atoms with Gasteiger partial charge in [0.2, 0.25) is 0 Å². The first-order valence-electron chi connectivity index (χ1n) is 2.93. The molecule has 0 aliphatic carbocycles. The van der Waals surface area contributed by atoms with E-state index in [0.29, 0.717) is 0 Å².